The Kier molecular flexibility index (Phi) is 7.93. The molecule has 0 aliphatic rings. The Hall–Kier alpha value is -3.45. The van der Waals surface area contributed by atoms with E-state index in [0.29, 0.717) is 5.69 Å². The van der Waals surface area contributed by atoms with Gasteiger partial charge in [0, 0.05) is 7.05 Å². The lowest BCUT2D eigenvalue weighted by Gasteiger charge is -2.21. The molecule has 12 heteroatoms. The molecule has 38 heavy (non-hydrogen) atoms. The van der Waals surface area contributed by atoms with Gasteiger partial charge in [-0.1, -0.05) is 47.8 Å². The van der Waals surface area contributed by atoms with Crippen molar-refractivity contribution in [1.82, 2.24) is 9.97 Å². The predicted octanol–water partition coefficient (Wildman–Crippen LogP) is 6.09. The molecule has 0 fully saturated rings. The van der Waals surface area contributed by atoms with Gasteiger partial charge in [0.25, 0.3) is 0 Å². The molecular formula is C26H20N4O4S4. The van der Waals surface area contributed by atoms with Gasteiger partial charge < -0.3 is 15.3 Å². The van der Waals surface area contributed by atoms with Crippen LogP contribution in [0.3, 0.4) is 0 Å². The molecule has 192 valence electrons. The first kappa shape index (κ1) is 26.2. The lowest BCUT2D eigenvalue weighted by Crippen LogP contribution is -2.29. The van der Waals surface area contributed by atoms with E-state index in [2.05, 4.69) is 15.3 Å². The topological polar surface area (TPSA) is 112 Å². The third-order valence-corrected chi connectivity index (χ3v) is 9.79. The fourth-order valence-corrected chi connectivity index (χ4v) is 7.41. The molecule has 0 spiro atoms. The lowest BCUT2D eigenvalue weighted by atomic mass is 10.1. The number of amides is 2. The first-order chi connectivity index (χ1) is 18.4. The van der Waals surface area contributed by atoms with Crippen LogP contribution in [0, 0.1) is 0 Å². The summed E-state index contributed by atoms with van der Waals surface area (Å²) in [5, 5.41) is 12.2. The fourth-order valence-electron chi connectivity index (χ4n) is 3.56. The van der Waals surface area contributed by atoms with Crippen molar-refractivity contribution in [3.05, 3.63) is 72.3 Å². The highest BCUT2D eigenvalue weighted by atomic mass is 32.2. The van der Waals surface area contributed by atoms with E-state index < -0.39 is 5.97 Å². The van der Waals surface area contributed by atoms with Crippen LogP contribution in [0.25, 0.3) is 20.4 Å². The number of carbonyl (C=O) groups is 3. The van der Waals surface area contributed by atoms with E-state index in [1.165, 1.54) is 69.3 Å². The summed E-state index contributed by atoms with van der Waals surface area (Å²) in [5.41, 5.74) is 2.43. The average molecular weight is 581 g/mol. The Morgan fingerprint density at radius 1 is 0.868 bits per heavy atom. The maximum atomic E-state index is 13.0. The van der Waals surface area contributed by atoms with Crippen LogP contribution in [0.1, 0.15) is 10.4 Å². The smallest absolute Gasteiger partial charge is 0.335 e. The van der Waals surface area contributed by atoms with Gasteiger partial charge in [0.15, 0.2) is 8.68 Å². The zero-order chi connectivity index (χ0) is 26.6. The van der Waals surface area contributed by atoms with Crippen LogP contribution in [0.2, 0.25) is 0 Å². The number of anilines is 2. The van der Waals surface area contributed by atoms with Gasteiger partial charge >= 0.3 is 5.97 Å². The highest BCUT2D eigenvalue weighted by Crippen LogP contribution is 2.32. The average Bonchev–Trinajstić information content (AvgIpc) is 3.53. The van der Waals surface area contributed by atoms with Crippen molar-refractivity contribution in [2.75, 3.05) is 28.8 Å². The second kappa shape index (κ2) is 11.5. The van der Waals surface area contributed by atoms with Crippen molar-refractivity contribution >= 4 is 95.8 Å². The number of thioether (sulfide) groups is 2. The first-order valence-corrected chi connectivity index (χ1v) is 14.9. The largest absolute Gasteiger partial charge is 0.478 e. The molecule has 0 saturated carbocycles. The van der Waals surface area contributed by atoms with Gasteiger partial charge in [0.2, 0.25) is 11.8 Å². The summed E-state index contributed by atoms with van der Waals surface area (Å²) in [7, 11) is 1.60. The summed E-state index contributed by atoms with van der Waals surface area (Å²) in [5.74, 6) is -1.45. The summed E-state index contributed by atoms with van der Waals surface area (Å²) < 4.78 is 3.64. The third-order valence-electron chi connectivity index (χ3n) is 5.45. The summed E-state index contributed by atoms with van der Waals surface area (Å²) in [6, 6.07) is 19.8. The molecular weight excluding hydrogens is 561 g/mol. The van der Waals surface area contributed by atoms with Gasteiger partial charge in [-0.15, -0.1) is 22.7 Å². The summed E-state index contributed by atoms with van der Waals surface area (Å²) in [6.07, 6.45) is 0. The number of carbonyl (C=O) groups excluding carboxylic acids is 2. The van der Waals surface area contributed by atoms with Crippen LogP contribution in [0.5, 0.6) is 0 Å². The molecule has 3 aromatic carbocycles. The molecule has 0 bridgehead atoms. The highest BCUT2D eigenvalue weighted by molar-refractivity contribution is 8.02. The van der Waals surface area contributed by atoms with Crippen LogP contribution >= 0.6 is 46.2 Å². The quantitative estimate of drug-likeness (QED) is 0.202. The van der Waals surface area contributed by atoms with Crippen molar-refractivity contribution in [3.8, 4) is 0 Å². The van der Waals surface area contributed by atoms with Crippen LogP contribution in [-0.4, -0.2) is 51.4 Å². The Labute approximate surface area is 234 Å². The minimum absolute atomic E-state index is 0.00701. The minimum atomic E-state index is -1.13. The third kappa shape index (κ3) is 5.99. The molecule has 2 heterocycles. The maximum Gasteiger partial charge on any atom is 0.335 e. The Morgan fingerprint density at radius 2 is 1.45 bits per heavy atom. The number of carboxylic acid groups (broad SMARTS) is 1. The number of nitrogens with one attached hydrogen (secondary N) is 1. The van der Waals surface area contributed by atoms with E-state index >= 15 is 0 Å². The Morgan fingerprint density at radius 3 is 2.03 bits per heavy atom. The number of aromatic nitrogens is 2. The number of carboxylic acids is 1. The van der Waals surface area contributed by atoms with Crippen molar-refractivity contribution in [2.24, 2.45) is 0 Å². The minimum Gasteiger partial charge on any atom is -0.478 e. The van der Waals surface area contributed by atoms with E-state index in [0.717, 1.165) is 29.1 Å². The molecule has 0 aliphatic carbocycles. The number of para-hydroxylation sites is 2. The molecule has 0 atom stereocenters. The van der Waals surface area contributed by atoms with Gasteiger partial charge in [-0.3, -0.25) is 9.59 Å². The van der Waals surface area contributed by atoms with E-state index in [1.54, 1.807) is 7.05 Å². The zero-order valence-corrected chi connectivity index (χ0v) is 23.2. The molecule has 5 aromatic rings. The van der Waals surface area contributed by atoms with E-state index in [4.69, 9.17) is 0 Å². The van der Waals surface area contributed by atoms with Gasteiger partial charge in [-0.25, -0.2) is 14.8 Å². The number of rotatable bonds is 9. The van der Waals surface area contributed by atoms with Gasteiger partial charge in [-0.05, 0) is 42.5 Å². The predicted molar refractivity (Wildman–Crippen MR) is 156 cm³/mol. The Balaban J connectivity index is 1.27. The molecule has 0 saturated heterocycles. The van der Waals surface area contributed by atoms with Crippen LogP contribution < -0.4 is 10.2 Å². The number of fused-ring (bicyclic) bond motifs is 2. The van der Waals surface area contributed by atoms with Crippen molar-refractivity contribution < 1.29 is 19.5 Å². The monoisotopic (exact) mass is 580 g/mol. The number of benzene rings is 3. The molecule has 5 rings (SSSR count). The van der Waals surface area contributed by atoms with Crippen LogP contribution in [-0.2, 0) is 9.59 Å². The van der Waals surface area contributed by atoms with Crippen LogP contribution in [0.4, 0.5) is 11.4 Å². The fraction of sp³-hybridized carbons (Fsp3) is 0.115. The van der Waals surface area contributed by atoms with Gasteiger partial charge in [0.05, 0.1) is 48.9 Å². The summed E-state index contributed by atoms with van der Waals surface area (Å²) >= 11 is 5.66. The zero-order valence-electron chi connectivity index (χ0n) is 19.9. The standard InChI is InChI=1S/C26H20N4O4S4/c1-30(23(32)14-36-26-29-17-7-3-5-9-21(17)38-26)19-11-10-15(24(33)34)12-18(19)27-22(31)13-35-25-28-16-6-2-4-8-20(16)37-25/h2-12H,13-14H2,1H3,(H,27,31)(H,33,34). The molecule has 0 unspecified atom stereocenters. The first-order valence-electron chi connectivity index (χ1n) is 11.3. The molecule has 2 aromatic heterocycles. The number of aromatic carboxylic acids is 1. The SMILES string of the molecule is CN(C(=O)CSc1nc2ccccc2s1)c1ccc(C(=O)O)cc1NC(=O)CSc1nc2ccccc2s1. The second-order valence-corrected chi connectivity index (χ2v) is 12.5. The number of thiazole rings is 2. The van der Waals surface area contributed by atoms with Crippen molar-refractivity contribution in [3.63, 3.8) is 0 Å². The molecule has 0 radical (unpaired) electrons. The normalized spacial score (nSPS) is 11.1. The number of hydrogen-bond donors (Lipinski definition) is 2. The number of nitrogens with zero attached hydrogens (tertiary/aromatic N) is 3. The molecule has 8 nitrogen and oxygen atoms in total. The van der Waals surface area contributed by atoms with Crippen molar-refractivity contribution in [2.45, 2.75) is 8.68 Å². The van der Waals surface area contributed by atoms with Crippen LogP contribution in [0.15, 0.2) is 75.4 Å². The van der Waals surface area contributed by atoms with E-state index in [1.807, 2.05) is 48.5 Å². The molecule has 2 N–H and O–H groups in total. The lowest BCUT2D eigenvalue weighted by molar-refractivity contribution is -0.116. The van der Waals surface area contributed by atoms with Gasteiger partial charge in [0.1, 0.15) is 0 Å². The molecule has 2 amide bonds. The molecule has 0 aliphatic heterocycles. The summed E-state index contributed by atoms with van der Waals surface area (Å²) in [6.45, 7) is 0. The second-order valence-electron chi connectivity index (χ2n) is 8.01. The summed E-state index contributed by atoms with van der Waals surface area (Å²) in [4.78, 5) is 47.9. The Bertz CT molecular complexity index is 1600. The van der Waals surface area contributed by atoms with E-state index in [9.17, 15) is 19.5 Å². The number of hydrogen-bond acceptors (Lipinski definition) is 9. The van der Waals surface area contributed by atoms with Crippen molar-refractivity contribution in [1.29, 1.82) is 0 Å². The van der Waals surface area contributed by atoms with Gasteiger partial charge in [-0.2, -0.15) is 0 Å². The maximum absolute atomic E-state index is 13.0. The van der Waals surface area contributed by atoms with E-state index in [-0.39, 0.29) is 34.6 Å². The highest BCUT2D eigenvalue weighted by Gasteiger charge is 2.19.